The number of nitrogens with one attached hydrogen (secondary N) is 1. The zero-order chi connectivity index (χ0) is 21.1. The van der Waals surface area contributed by atoms with Crippen LogP contribution in [-0.2, 0) is 30.7 Å². The van der Waals surface area contributed by atoms with Gasteiger partial charge in [-0.05, 0) is 48.6 Å². The number of anilines is 2. The first-order valence-electron chi connectivity index (χ1n) is 10.3. The minimum Gasteiger partial charge on any atom is -0.337 e. The van der Waals surface area contributed by atoms with Crippen LogP contribution in [-0.4, -0.2) is 22.0 Å². The monoisotopic (exact) mass is 402 g/mol. The number of benzene rings is 2. The number of carbonyl (C=O) groups excluding carboxylic acids is 1. The van der Waals surface area contributed by atoms with Crippen molar-refractivity contribution in [2.45, 2.75) is 39.8 Å². The van der Waals surface area contributed by atoms with E-state index in [9.17, 15) is 9.59 Å². The third-order valence-electron chi connectivity index (χ3n) is 5.45. The van der Waals surface area contributed by atoms with Crippen LogP contribution in [0.25, 0.3) is 0 Å². The van der Waals surface area contributed by atoms with Crippen molar-refractivity contribution >= 4 is 17.5 Å². The molecule has 1 aromatic heterocycles. The Morgan fingerprint density at radius 2 is 1.90 bits per heavy atom. The highest BCUT2D eigenvalue weighted by atomic mass is 16.2. The lowest BCUT2D eigenvalue weighted by atomic mass is 10.0. The van der Waals surface area contributed by atoms with Gasteiger partial charge >= 0.3 is 0 Å². The van der Waals surface area contributed by atoms with Gasteiger partial charge in [0.05, 0.1) is 0 Å². The van der Waals surface area contributed by atoms with Crippen molar-refractivity contribution in [2.75, 3.05) is 16.8 Å². The first-order chi connectivity index (χ1) is 14.5. The fraction of sp³-hybridized carbons (Fsp3) is 0.292. The van der Waals surface area contributed by atoms with Crippen molar-refractivity contribution in [1.29, 1.82) is 0 Å². The van der Waals surface area contributed by atoms with Crippen LogP contribution >= 0.6 is 0 Å². The molecular formula is C24H26N4O2. The van der Waals surface area contributed by atoms with E-state index >= 15 is 0 Å². The Morgan fingerprint density at radius 3 is 2.70 bits per heavy atom. The number of aryl methyl sites for hydroxylation is 2. The van der Waals surface area contributed by atoms with Crippen LogP contribution in [0.1, 0.15) is 29.3 Å². The van der Waals surface area contributed by atoms with E-state index in [0.29, 0.717) is 18.2 Å². The van der Waals surface area contributed by atoms with Crippen LogP contribution in [0.4, 0.5) is 11.6 Å². The molecule has 6 heteroatoms. The molecule has 1 amide bonds. The topological polar surface area (TPSA) is 67.2 Å². The average molecular weight is 402 g/mol. The van der Waals surface area contributed by atoms with Gasteiger partial charge in [0, 0.05) is 30.5 Å². The van der Waals surface area contributed by atoms with Gasteiger partial charge in [-0.25, -0.2) is 4.98 Å². The molecule has 0 saturated heterocycles. The van der Waals surface area contributed by atoms with E-state index in [4.69, 9.17) is 0 Å². The van der Waals surface area contributed by atoms with Crippen LogP contribution in [0.3, 0.4) is 0 Å². The Labute approximate surface area is 176 Å². The molecule has 4 rings (SSSR count). The van der Waals surface area contributed by atoms with Crippen LogP contribution in [0.2, 0.25) is 0 Å². The summed E-state index contributed by atoms with van der Waals surface area (Å²) in [6.07, 6.45) is 1.78. The quantitative estimate of drug-likeness (QED) is 0.711. The Hall–Kier alpha value is -3.41. The van der Waals surface area contributed by atoms with Crippen molar-refractivity contribution in [3.63, 3.8) is 0 Å². The number of hydrogen-bond acceptors (Lipinski definition) is 4. The van der Waals surface area contributed by atoms with Gasteiger partial charge in [0.2, 0.25) is 11.9 Å². The average Bonchev–Trinajstić information content (AvgIpc) is 2.75. The predicted octanol–water partition coefficient (Wildman–Crippen LogP) is 3.32. The summed E-state index contributed by atoms with van der Waals surface area (Å²) in [4.78, 5) is 32.2. The van der Waals surface area contributed by atoms with Crippen LogP contribution in [0, 0.1) is 6.92 Å². The smallest absolute Gasteiger partial charge is 0.255 e. The molecule has 6 nitrogen and oxygen atoms in total. The number of carbonyl (C=O) groups is 1. The van der Waals surface area contributed by atoms with Crippen molar-refractivity contribution in [2.24, 2.45) is 0 Å². The molecular weight excluding hydrogens is 376 g/mol. The molecule has 0 atom stereocenters. The molecule has 154 valence electrons. The standard InChI is InChI=1S/C24H26N4O2/c1-3-18-7-6-10-21(14-18)26-22(29)16-28-23(30)13-17(2)25-24(28)27-12-11-19-8-4-5-9-20(19)15-27/h4-10,13-14H,3,11-12,15-16H2,1-2H3,(H,26,29). The first kappa shape index (κ1) is 19.9. The summed E-state index contributed by atoms with van der Waals surface area (Å²) in [5.41, 5.74) is 4.88. The molecule has 1 aliphatic heterocycles. The molecule has 1 N–H and O–H groups in total. The molecule has 0 unspecified atom stereocenters. The summed E-state index contributed by atoms with van der Waals surface area (Å²) in [6.45, 7) is 5.24. The first-order valence-corrected chi connectivity index (χ1v) is 10.3. The summed E-state index contributed by atoms with van der Waals surface area (Å²) >= 11 is 0. The maximum Gasteiger partial charge on any atom is 0.255 e. The molecule has 1 aliphatic rings. The minimum atomic E-state index is -0.241. The Balaban J connectivity index is 1.59. The lowest BCUT2D eigenvalue weighted by molar-refractivity contribution is -0.116. The lowest BCUT2D eigenvalue weighted by Gasteiger charge is -2.31. The van der Waals surface area contributed by atoms with E-state index in [0.717, 1.165) is 30.6 Å². The van der Waals surface area contributed by atoms with Gasteiger partial charge in [-0.15, -0.1) is 0 Å². The van der Waals surface area contributed by atoms with Crippen molar-refractivity contribution < 1.29 is 4.79 Å². The lowest BCUT2D eigenvalue weighted by Crippen LogP contribution is -2.38. The van der Waals surface area contributed by atoms with Gasteiger partial charge in [-0.3, -0.25) is 14.2 Å². The van der Waals surface area contributed by atoms with E-state index in [2.05, 4.69) is 34.3 Å². The van der Waals surface area contributed by atoms with Crippen LogP contribution < -0.4 is 15.8 Å². The third-order valence-corrected chi connectivity index (χ3v) is 5.45. The fourth-order valence-corrected chi connectivity index (χ4v) is 3.88. The summed E-state index contributed by atoms with van der Waals surface area (Å²) in [5, 5.41) is 2.91. The second-order valence-electron chi connectivity index (χ2n) is 7.66. The van der Waals surface area contributed by atoms with E-state index in [1.165, 1.54) is 21.8 Å². The SMILES string of the molecule is CCc1cccc(NC(=O)Cn2c(N3CCc4ccccc4C3)nc(C)cc2=O)c1. The fourth-order valence-electron chi connectivity index (χ4n) is 3.88. The third kappa shape index (κ3) is 4.27. The molecule has 2 aromatic carbocycles. The number of hydrogen-bond donors (Lipinski definition) is 1. The molecule has 0 fully saturated rings. The van der Waals surface area contributed by atoms with E-state index in [1.807, 2.05) is 43.3 Å². The summed E-state index contributed by atoms with van der Waals surface area (Å²) in [6, 6.07) is 17.6. The summed E-state index contributed by atoms with van der Waals surface area (Å²) < 4.78 is 1.47. The summed E-state index contributed by atoms with van der Waals surface area (Å²) in [5.74, 6) is 0.307. The van der Waals surface area contributed by atoms with Crippen LogP contribution in [0.15, 0.2) is 59.4 Å². The normalized spacial score (nSPS) is 13.1. The number of amides is 1. The highest BCUT2D eigenvalue weighted by molar-refractivity contribution is 5.90. The van der Waals surface area contributed by atoms with Crippen molar-refractivity contribution in [3.05, 3.63) is 87.3 Å². The van der Waals surface area contributed by atoms with Gasteiger partial charge < -0.3 is 10.2 Å². The number of aromatic nitrogens is 2. The van der Waals surface area contributed by atoms with E-state index in [-0.39, 0.29) is 18.0 Å². The van der Waals surface area contributed by atoms with E-state index in [1.54, 1.807) is 0 Å². The maximum atomic E-state index is 12.8. The van der Waals surface area contributed by atoms with Crippen molar-refractivity contribution in [1.82, 2.24) is 9.55 Å². The zero-order valence-corrected chi connectivity index (χ0v) is 17.4. The molecule has 3 aromatic rings. The molecule has 0 bridgehead atoms. The second kappa shape index (κ2) is 8.53. The summed E-state index contributed by atoms with van der Waals surface area (Å²) in [7, 11) is 0. The zero-order valence-electron chi connectivity index (χ0n) is 17.4. The van der Waals surface area contributed by atoms with E-state index < -0.39 is 0 Å². The molecule has 0 spiro atoms. The van der Waals surface area contributed by atoms with Crippen LogP contribution in [0.5, 0.6) is 0 Å². The van der Waals surface area contributed by atoms with Gasteiger partial charge in [0.25, 0.3) is 5.56 Å². The molecule has 2 heterocycles. The molecule has 0 saturated carbocycles. The predicted molar refractivity (Wildman–Crippen MR) is 119 cm³/mol. The highest BCUT2D eigenvalue weighted by Crippen LogP contribution is 2.23. The maximum absolute atomic E-state index is 12.8. The van der Waals surface area contributed by atoms with Gasteiger partial charge in [-0.2, -0.15) is 0 Å². The minimum absolute atomic E-state index is 0.0735. The number of fused-ring (bicyclic) bond motifs is 1. The van der Waals surface area contributed by atoms with Gasteiger partial charge in [0.15, 0.2) is 0 Å². The van der Waals surface area contributed by atoms with Gasteiger partial charge in [-0.1, -0.05) is 43.3 Å². The Morgan fingerprint density at radius 1 is 1.10 bits per heavy atom. The molecule has 30 heavy (non-hydrogen) atoms. The highest BCUT2D eigenvalue weighted by Gasteiger charge is 2.22. The Kier molecular flexibility index (Phi) is 5.65. The molecule has 0 radical (unpaired) electrons. The number of rotatable bonds is 5. The van der Waals surface area contributed by atoms with Crippen molar-refractivity contribution in [3.8, 4) is 0 Å². The van der Waals surface area contributed by atoms with Gasteiger partial charge in [0.1, 0.15) is 6.54 Å². The Bertz CT molecular complexity index is 1140. The number of nitrogens with zero attached hydrogens (tertiary/aromatic N) is 3. The second-order valence-corrected chi connectivity index (χ2v) is 7.66. The molecule has 0 aliphatic carbocycles. The largest absolute Gasteiger partial charge is 0.337 e.